The maximum atomic E-state index is 11.1. The molecule has 0 aromatic carbocycles. The van der Waals surface area contributed by atoms with E-state index in [1.54, 1.807) is 6.08 Å². The molecule has 0 aromatic rings. The van der Waals surface area contributed by atoms with Gasteiger partial charge in [-0.15, -0.1) is 0 Å². The second-order valence-corrected chi connectivity index (χ2v) is 3.93. The monoisotopic (exact) mass is 183 g/mol. The van der Waals surface area contributed by atoms with Gasteiger partial charge in [0.1, 0.15) is 0 Å². The van der Waals surface area contributed by atoms with Gasteiger partial charge >= 0.3 is 5.97 Å². The molecule has 0 aromatic heterocycles. The molecular weight excluding hydrogens is 166 g/mol. The van der Waals surface area contributed by atoms with Crippen LogP contribution in [-0.2, 0) is 9.53 Å². The maximum absolute atomic E-state index is 11.1. The van der Waals surface area contributed by atoms with E-state index >= 15 is 0 Å². The summed E-state index contributed by atoms with van der Waals surface area (Å²) in [5, 5.41) is 3.28. The van der Waals surface area contributed by atoms with Gasteiger partial charge in [-0.2, -0.15) is 0 Å². The average molecular weight is 183 g/mol. The largest absolute Gasteiger partial charge is 0.463 e. The molecule has 0 spiro atoms. The summed E-state index contributed by atoms with van der Waals surface area (Å²) in [6.45, 7) is 6.49. The Morgan fingerprint density at radius 3 is 2.85 bits per heavy atom. The lowest BCUT2D eigenvalue weighted by atomic mass is 10.0. The molecule has 13 heavy (non-hydrogen) atoms. The Kier molecular flexibility index (Phi) is 2.96. The van der Waals surface area contributed by atoms with Crippen LogP contribution in [0.5, 0.6) is 0 Å². The summed E-state index contributed by atoms with van der Waals surface area (Å²) in [6.07, 6.45) is 3.56. The Labute approximate surface area is 79.2 Å². The standard InChI is InChI=1S/C10H17NO2/c1-4-13-9(12)7-8-5-6-10(2,3)11-8/h7,11H,4-6H2,1-3H3/b8-7+. The van der Waals surface area contributed by atoms with Gasteiger partial charge in [-0.25, -0.2) is 4.79 Å². The van der Waals surface area contributed by atoms with Crippen LogP contribution in [0.4, 0.5) is 0 Å². The molecule has 0 saturated carbocycles. The van der Waals surface area contributed by atoms with Crippen LogP contribution in [0.2, 0.25) is 0 Å². The fourth-order valence-electron chi connectivity index (χ4n) is 1.44. The fraction of sp³-hybridized carbons (Fsp3) is 0.700. The summed E-state index contributed by atoms with van der Waals surface area (Å²) in [7, 11) is 0. The summed E-state index contributed by atoms with van der Waals surface area (Å²) in [6, 6.07) is 0. The molecule has 0 radical (unpaired) electrons. The van der Waals surface area contributed by atoms with E-state index in [9.17, 15) is 4.79 Å². The third-order valence-electron chi connectivity index (χ3n) is 2.10. The number of ether oxygens (including phenoxy) is 1. The van der Waals surface area contributed by atoms with Crippen LogP contribution in [0.25, 0.3) is 0 Å². The van der Waals surface area contributed by atoms with Gasteiger partial charge in [-0.05, 0) is 33.6 Å². The minimum atomic E-state index is -0.247. The quantitative estimate of drug-likeness (QED) is 0.522. The smallest absolute Gasteiger partial charge is 0.332 e. The molecule has 0 amide bonds. The van der Waals surface area contributed by atoms with Crippen LogP contribution < -0.4 is 5.32 Å². The molecule has 1 aliphatic heterocycles. The molecule has 1 saturated heterocycles. The number of carbonyl (C=O) groups is 1. The van der Waals surface area contributed by atoms with E-state index in [0.29, 0.717) is 6.61 Å². The average Bonchev–Trinajstić information content (AvgIpc) is 2.30. The molecule has 3 nitrogen and oxygen atoms in total. The van der Waals surface area contributed by atoms with Crippen molar-refractivity contribution < 1.29 is 9.53 Å². The topological polar surface area (TPSA) is 38.3 Å². The zero-order valence-corrected chi connectivity index (χ0v) is 8.52. The highest BCUT2D eigenvalue weighted by Gasteiger charge is 2.25. The highest BCUT2D eigenvalue weighted by atomic mass is 16.5. The predicted molar refractivity (Wildman–Crippen MR) is 51.2 cm³/mol. The number of hydrogen-bond acceptors (Lipinski definition) is 3. The van der Waals surface area contributed by atoms with Crippen molar-refractivity contribution in [3.63, 3.8) is 0 Å². The lowest BCUT2D eigenvalue weighted by molar-refractivity contribution is -0.137. The van der Waals surface area contributed by atoms with E-state index in [4.69, 9.17) is 4.74 Å². The second-order valence-electron chi connectivity index (χ2n) is 3.93. The molecule has 1 N–H and O–H groups in total. The van der Waals surface area contributed by atoms with Gasteiger partial charge in [0, 0.05) is 17.3 Å². The molecular formula is C10H17NO2. The summed E-state index contributed by atoms with van der Waals surface area (Å²) < 4.78 is 4.82. The minimum Gasteiger partial charge on any atom is -0.463 e. The van der Waals surface area contributed by atoms with Crippen LogP contribution in [0.15, 0.2) is 11.8 Å². The Morgan fingerprint density at radius 2 is 2.38 bits per heavy atom. The first-order chi connectivity index (χ1) is 6.03. The van der Waals surface area contributed by atoms with E-state index in [1.807, 2.05) is 6.92 Å². The fourth-order valence-corrected chi connectivity index (χ4v) is 1.44. The van der Waals surface area contributed by atoms with Crippen LogP contribution in [-0.4, -0.2) is 18.1 Å². The molecule has 0 aliphatic carbocycles. The Bertz CT molecular complexity index is 231. The van der Waals surface area contributed by atoms with E-state index in [-0.39, 0.29) is 11.5 Å². The number of rotatable bonds is 2. The Morgan fingerprint density at radius 1 is 1.69 bits per heavy atom. The highest BCUT2D eigenvalue weighted by molar-refractivity contribution is 5.82. The summed E-state index contributed by atoms with van der Waals surface area (Å²) in [5.74, 6) is -0.247. The van der Waals surface area contributed by atoms with Gasteiger partial charge in [0.15, 0.2) is 0 Å². The number of allylic oxidation sites excluding steroid dienone is 1. The molecule has 0 atom stereocenters. The van der Waals surface area contributed by atoms with Crippen molar-refractivity contribution in [2.24, 2.45) is 0 Å². The normalized spacial score (nSPS) is 22.8. The SMILES string of the molecule is CCOC(=O)/C=C1\CCC(C)(C)N1. The highest BCUT2D eigenvalue weighted by Crippen LogP contribution is 2.24. The van der Waals surface area contributed by atoms with Gasteiger partial charge < -0.3 is 10.1 Å². The van der Waals surface area contributed by atoms with Crippen molar-refractivity contribution in [2.75, 3.05) is 6.61 Å². The molecule has 74 valence electrons. The van der Waals surface area contributed by atoms with E-state index in [1.165, 1.54) is 0 Å². The lowest BCUT2D eigenvalue weighted by Gasteiger charge is -2.17. The van der Waals surface area contributed by atoms with Gasteiger partial charge in [0.2, 0.25) is 0 Å². The van der Waals surface area contributed by atoms with Gasteiger partial charge in [0.25, 0.3) is 0 Å². The molecule has 0 bridgehead atoms. The van der Waals surface area contributed by atoms with E-state index < -0.39 is 0 Å². The zero-order valence-electron chi connectivity index (χ0n) is 8.52. The Hall–Kier alpha value is -0.990. The van der Waals surface area contributed by atoms with E-state index in [0.717, 1.165) is 18.5 Å². The van der Waals surface area contributed by atoms with Crippen LogP contribution in [0.1, 0.15) is 33.6 Å². The van der Waals surface area contributed by atoms with Crippen LogP contribution in [0, 0.1) is 0 Å². The molecule has 1 rings (SSSR count). The van der Waals surface area contributed by atoms with Crippen molar-refractivity contribution in [3.05, 3.63) is 11.8 Å². The first kappa shape index (κ1) is 10.1. The third kappa shape index (κ3) is 3.09. The first-order valence-electron chi connectivity index (χ1n) is 4.69. The van der Waals surface area contributed by atoms with Gasteiger partial charge in [-0.3, -0.25) is 0 Å². The molecule has 1 aliphatic rings. The molecule has 3 heteroatoms. The molecule has 1 fully saturated rings. The van der Waals surface area contributed by atoms with E-state index in [2.05, 4.69) is 19.2 Å². The number of esters is 1. The van der Waals surface area contributed by atoms with Crippen molar-refractivity contribution >= 4 is 5.97 Å². The number of carbonyl (C=O) groups excluding carboxylic acids is 1. The van der Waals surface area contributed by atoms with Crippen molar-refractivity contribution in [1.29, 1.82) is 0 Å². The molecule has 0 unspecified atom stereocenters. The Balaban J connectivity index is 2.50. The zero-order chi connectivity index (χ0) is 9.90. The second kappa shape index (κ2) is 3.81. The third-order valence-corrected chi connectivity index (χ3v) is 2.10. The maximum Gasteiger partial charge on any atom is 0.332 e. The van der Waals surface area contributed by atoms with Gasteiger partial charge in [-0.1, -0.05) is 0 Å². The van der Waals surface area contributed by atoms with Crippen LogP contribution in [0.3, 0.4) is 0 Å². The molecule has 1 heterocycles. The predicted octanol–water partition coefficient (Wildman–Crippen LogP) is 1.60. The van der Waals surface area contributed by atoms with Crippen molar-refractivity contribution in [2.45, 2.75) is 39.2 Å². The lowest BCUT2D eigenvalue weighted by Crippen LogP contribution is -2.31. The van der Waals surface area contributed by atoms with Crippen molar-refractivity contribution in [1.82, 2.24) is 5.32 Å². The minimum absolute atomic E-state index is 0.123. The van der Waals surface area contributed by atoms with Gasteiger partial charge in [0.05, 0.1) is 6.61 Å². The van der Waals surface area contributed by atoms with Crippen LogP contribution >= 0.6 is 0 Å². The number of nitrogens with one attached hydrogen (secondary N) is 1. The van der Waals surface area contributed by atoms with Crippen molar-refractivity contribution in [3.8, 4) is 0 Å². The number of hydrogen-bond donors (Lipinski definition) is 1. The first-order valence-corrected chi connectivity index (χ1v) is 4.69. The summed E-state index contributed by atoms with van der Waals surface area (Å²) >= 11 is 0. The summed E-state index contributed by atoms with van der Waals surface area (Å²) in [4.78, 5) is 11.1. The summed E-state index contributed by atoms with van der Waals surface area (Å²) in [5.41, 5.74) is 1.11.